The molecule has 96 valence electrons. The molecule has 1 saturated heterocycles. The third-order valence-corrected chi connectivity index (χ3v) is 3.08. The van der Waals surface area contributed by atoms with Gasteiger partial charge in [0.25, 0.3) is 0 Å². The maximum atomic E-state index is 5.90. The quantitative estimate of drug-likeness (QED) is 0.693. The fourth-order valence-electron chi connectivity index (χ4n) is 2.12. The van der Waals surface area contributed by atoms with E-state index in [0.29, 0.717) is 18.3 Å². The molecule has 0 aliphatic carbocycles. The van der Waals surface area contributed by atoms with Gasteiger partial charge in [0, 0.05) is 6.54 Å². The monoisotopic (exact) mass is 229 g/mol. The van der Waals surface area contributed by atoms with Crippen LogP contribution < -0.4 is 5.32 Å². The summed E-state index contributed by atoms with van der Waals surface area (Å²) in [5, 5.41) is 3.33. The molecular weight excluding hydrogens is 202 g/mol. The van der Waals surface area contributed by atoms with Crippen LogP contribution >= 0.6 is 0 Å². The normalized spacial score (nSPS) is 27.2. The van der Waals surface area contributed by atoms with Gasteiger partial charge >= 0.3 is 0 Å². The second-order valence-corrected chi connectivity index (χ2v) is 4.70. The Morgan fingerprint density at radius 3 is 2.75 bits per heavy atom. The minimum absolute atomic E-state index is 0.322. The minimum Gasteiger partial charge on any atom is -0.376 e. The first-order valence-corrected chi connectivity index (χ1v) is 6.74. The van der Waals surface area contributed by atoms with Crippen LogP contribution in [0.4, 0.5) is 0 Å². The standard InChI is InChI=1S/C13H27NO2/c1-4-6-11(3)15-10-13-8-7-12(16-13)9-14-5-2/h11-14H,4-10H2,1-3H3. The van der Waals surface area contributed by atoms with Crippen LogP contribution in [0.5, 0.6) is 0 Å². The van der Waals surface area contributed by atoms with E-state index in [1.54, 1.807) is 0 Å². The molecule has 0 aromatic carbocycles. The Bertz CT molecular complexity index is 175. The topological polar surface area (TPSA) is 30.5 Å². The lowest BCUT2D eigenvalue weighted by atomic mass is 10.2. The molecule has 1 heterocycles. The van der Waals surface area contributed by atoms with Crippen molar-refractivity contribution in [2.24, 2.45) is 0 Å². The molecule has 0 spiro atoms. The fourth-order valence-corrected chi connectivity index (χ4v) is 2.12. The van der Waals surface area contributed by atoms with Gasteiger partial charge < -0.3 is 14.8 Å². The molecule has 1 aliphatic heterocycles. The highest BCUT2D eigenvalue weighted by molar-refractivity contribution is 4.75. The van der Waals surface area contributed by atoms with Crippen molar-refractivity contribution in [3.63, 3.8) is 0 Å². The van der Waals surface area contributed by atoms with Crippen LogP contribution in [0, 0.1) is 0 Å². The van der Waals surface area contributed by atoms with Crippen molar-refractivity contribution in [2.45, 2.75) is 64.8 Å². The molecule has 0 amide bonds. The van der Waals surface area contributed by atoms with E-state index < -0.39 is 0 Å². The zero-order chi connectivity index (χ0) is 11.8. The molecule has 1 aliphatic rings. The molecule has 1 N–H and O–H groups in total. The highest BCUT2D eigenvalue weighted by Crippen LogP contribution is 2.20. The molecule has 1 rings (SSSR count). The lowest BCUT2D eigenvalue weighted by Gasteiger charge is -2.17. The van der Waals surface area contributed by atoms with Crippen LogP contribution in [0.2, 0.25) is 0 Å². The molecule has 3 heteroatoms. The Morgan fingerprint density at radius 1 is 1.31 bits per heavy atom. The van der Waals surface area contributed by atoms with Gasteiger partial charge in [-0.25, -0.2) is 0 Å². The van der Waals surface area contributed by atoms with Gasteiger partial charge in [0.05, 0.1) is 24.9 Å². The van der Waals surface area contributed by atoms with Crippen molar-refractivity contribution in [1.82, 2.24) is 5.32 Å². The van der Waals surface area contributed by atoms with E-state index in [9.17, 15) is 0 Å². The van der Waals surface area contributed by atoms with Crippen LogP contribution in [0.25, 0.3) is 0 Å². The lowest BCUT2D eigenvalue weighted by Crippen LogP contribution is -2.28. The maximum Gasteiger partial charge on any atom is 0.0814 e. The molecule has 0 bridgehead atoms. The summed E-state index contributed by atoms with van der Waals surface area (Å²) in [6, 6.07) is 0. The fraction of sp³-hybridized carbons (Fsp3) is 1.00. The van der Waals surface area contributed by atoms with Gasteiger partial charge in [0.1, 0.15) is 0 Å². The van der Waals surface area contributed by atoms with Gasteiger partial charge in [-0.1, -0.05) is 20.3 Å². The first kappa shape index (κ1) is 13.9. The first-order chi connectivity index (χ1) is 7.76. The third-order valence-electron chi connectivity index (χ3n) is 3.08. The Kier molecular flexibility index (Phi) is 7.01. The van der Waals surface area contributed by atoms with Crippen LogP contribution in [-0.2, 0) is 9.47 Å². The molecule has 0 aromatic rings. The summed E-state index contributed by atoms with van der Waals surface area (Å²) in [6.07, 6.45) is 5.75. The molecule has 0 radical (unpaired) electrons. The summed E-state index contributed by atoms with van der Waals surface area (Å²) in [7, 11) is 0. The average Bonchev–Trinajstić information content (AvgIpc) is 2.72. The smallest absolute Gasteiger partial charge is 0.0814 e. The lowest BCUT2D eigenvalue weighted by molar-refractivity contribution is -0.0379. The number of hydrogen-bond acceptors (Lipinski definition) is 3. The molecule has 3 atom stereocenters. The number of nitrogens with one attached hydrogen (secondary N) is 1. The minimum atomic E-state index is 0.322. The van der Waals surface area contributed by atoms with Gasteiger partial charge in [-0.05, 0) is 32.7 Å². The predicted molar refractivity (Wildman–Crippen MR) is 66.8 cm³/mol. The summed E-state index contributed by atoms with van der Waals surface area (Å²) < 4.78 is 11.7. The van der Waals surface area contributed by atoms with Gasteiger partial charge in [-0.15, -0.1) is 0 Å². The Hall–Kier alpha value is -0.120. The van der Waals surface area contributed by atoms with Crippen LogP contribution in [-0.4, -0.2) is 38.0 Å². The van der Waals surface area contributed by atoms with E-state index in [-0.39, 0.29) is 0 Å². The molecule has 16 heavy (non-hydrogen) atoms. The van der Waals surface area contributed by atoms with E-state index in [4.69, 9.17) is 9.47 Å². The Labute approximate surface area is 99.9 Å². The largest absolute Gasteiger partial charge is 0.376 e. The van der Waals surface area contributed by atoms with E-state index in [1.807, 2.05) is 0 Å². The van der Waals surface area contributed by atoms with E-state index >= 15 is 0 Å². The summed E-state index contributed by atoms with van der Waals surface area (Å²) in [5.41, 5.74) is 0. The summed E-state index contributed by atoms with van der Waals surface area (Å²) >= 11 is 0. The third kappa shape index (κ3) is 5.28. The molecule has 1 fully saturated rings. The van der Waals surface area contributed by atoms with E-state index in [0.717, 1.165) is 32.5 Å². The SMILES string of the molecule is CCCC(C)OCC1CCC(CNCC)O1. The highest BCUT2D eigenvalue weighted by Gasteiger charge is 2.25. The van der Waals surface area contributed by atoms with Crippen molar-refractivity contribution in [1.29, 1.82) is 0 Å². The van der Waals surface area contributed by atoms with Gasteiger partial charge in [0.15, 0.2) is 0 Å². The van der Waals surface area contributed by atoms with Crippen LogP contribution in [0.15, 0.2) is 0 Å². The number of hydrogen-bond donors (Lipinski definition) is 1. The molecule has 0 aromatic heterocycles. The summed E-state index contributed by atoms with van der Waals surface area (Å²) in [6.45, 7) is 9.24. The number of rotatable bonds is 8. The first-order valence-electron chi connectivity index (χ1n) is 6.74. The van der Waals surface area contributed by atoms with Crippen molar-refractivity contribution in [3.8, 4) is 0 Å². The zero-order valence-corrected chi connectivity index (χ0v) is 11.0. The summed E-state index contributed by atoms with van der Waals surface area (Å²) in [5.74, 6) is 0. The van der Waals surface area contributed by atoms with E-state index in [1.165, 1.54) is 12.8 Å². The number of ether oxygens (including phenoxy) is 2. The average molecular weight is 229 g/mol. The molecule has 3 nitrogen and oxygen atoms in total. The van der Waals surface area contributed by atoms with Gasteiger partial charge in [-0.2, -0.15) is 0 Å². The predicted octanol–water partition coefficient (Wildman–Crippen LogP) is 2.35. The Morgan fingerprint density at radius 2 is 2.06 bits per heavy atom. The van der Waals surface area contributed by atoms with Crippen LogP contribution in [0.3, 0.4) is 0 Å². The maximum absolute atomic E-state index is 5.90. The molecular formula is C13H27NO2. The van der Waals surface area contributed by atoms with Crippen molar-refractivity contribution < 1.29 is 9.47 Å². The zero-order valence-electron chi connectivity index (χ0n) is 11.0. The van der Waals surface area contributed by atoms with Crippen molar-refractivity contribution in [3.05, 3.63) is 0 Å². The van der Waals surface area contributed by atoms with Gasteiger partial charge in [0.2, 0.25) is 0 Å². The van der Waals surface area contributed by atoms with E-state index in [2.05, 4.69) is 26.1 Å². The van der Waals surface area contributed by atoms with Crippen molar-refractivity contribution in [2.75, 3.05) is 19.7 Å². The highest BCUT2D eigenvalue weighted by atomic mass is 16.5. The van der Waals surface area contributed by atoms with Crippen molar-refractivity contribution >= 4 is 0 Å². The second kappa shape index (κ2) is 8.04. The molecule has 0 saturated carbocycles. The Balaban J connectivity index is 2.07. The number of likely N-dealkylation sites (N-methyl/N-ethyl adjacent to an activating group) is 1. The summed E-state index contributed by atoms with van der Waals surface area (Å²) in [4.78, 5) is 0. The second-order valence-electron chi connectivity index (χ2n) is 4.70. The molecule has 3 unspecified atom stereocenters. The van der Waals surface area contributed by atoms with Crippen LogP contribution in [0.1, 0.15) is 46.5 Å². The van der Waals surface area contributed by atoms with Gasteiger partial charge in [-0.3, -0.25) is 0 Å².